The van der Waals surface area contributed by atoms with Gasteiger partial charge in [0.05, 0.1) is 19.2 Å². The summed E-state index contributed by atoms with van der Waals surface area (Å²) in [4.78, 5) is 33.8. The van der Waals surface area contributed by atoms with E-state index in [1.807, 2.05) is 20.8 Å². The maximum absolute atomic E-state index is 13.6. The van der Waals surface area contributed by atoms with Crippen LogP contribution in [-0.2, 0) is 0 Å². The smallest absolute Gasteiger partial charge is 0.259 e. The number of nitrogens with zero attached hydrogens (tertiary/aromatic N) is 3. The lowest BCUT2D eigenvalue weighted by atomic mass is 9.99. The van der Waals surface area contributed by atoms with Gasteiger partial charge in [-0.1, -0.05) is 38.7 Å². The van der Waals surface area contributed by atoms with Crippen LogP contribution in [-0.4, -0.2) is 70.6 Å². The fourth-order valence-electron chi connectivity index (χ4n) is 3.81. The molecule has 0 radical (unpaired) electrons. The summed E-state index contributed by atoms with van der Waals surface area (Å²) in [7, 11) is 1.63. The number of aliphatic hydroxyl groups is 1. The van der Waals surface area contributed by atoms with Gasteiger partial charge in [0, 0.05) is 42.8 Å². The van der Waals surface area contributed by atoms with Gasteiger partial charge in [-0.15, -0.1) is 0 Å². The molecule has 1 aromatic heterocycles. The van der Waals surface area contributed by atoms with Gasteiger partial charge in [0.2, 0.25) is 5.88 Å². The molecule has 8 heteroatoms. The van der Waals surface area contributed by atoms with Gasteiger partial charge in [-0.05, 0) is 31.2 Å². The van der Waals surface area contributed by atoms with Crippen LogP contribution in [0.25, 0.3) is 0 Å². The predicted molar refractivity (Wildman–Crippen MR) is 130 cm³/mol. The number of rotatable bonds is 5. The minimum absolute atomic E-state index is 0.156. The van der Waals surface area contributed by atoms with Gasteiger partial charge in [0.15, 0.2) is 0 Å². The van der Waals surface area contributed by atoms with E-state index in [4.69, 9.17) is 4.74 Å². The summed E-state index contributed by atoms with van der Waals surface area (Å²) in [6, 6.07) is 6.77. The normalized spacial score (nSPS) is 18.5. The van der Waals surface area contributed by atoms with Crippen LogP contribution in [0.15, 0.2) is 36.5 Å². The molecule has 0 spiro atoms. The van der Waals surface area contributed by atoms with E-state index in [1.54, 1.807) is 37.2 Å². The van der Waals surface area contributed by atoms with Crippen molar-refractivity contribution in [1.82, 2.24) is 14.8 Å². The fourth-order valence-corrected chi connectivity index (χ4v) is 3.81. The highest BCUT2D eigenvalue weighted by atomic mass is 19.1. The number of benzene rings is 1. The first-order valence-electron chi connectivity index (χ1n) is 11.7. The number of hydrogen-bond donors (Lipinski definition) is 1. The van der Waals surface area contributed by atoms with E-state index in [9.17, 15) is 19.1 Å². The Labute approximate surface area is 205 Å². The second-order valence-electron chi connectivity index (χ2n) is 9.32. The Morgan fingerprint density at radius 1 is 1.34 bits per heavy atom. The maximum Gasteiger partial charge on any atom is 0.259 e. The summed E-state index contributed by atoms with van der Waals surface area (Å²) in [5.41, 5.74) is 1.09. The molecule has 1 aliphatic rings. The van der Waals surface area contributed by atoms with Crippen molar-refractivity contribution in [3.8, 4) is 17.7 Å². The average molecular weight is 482 g/mol. The summed E-state index contributed by atoms with van der Waals surface area (Å²) < 4.78 is 19.8. The molecule has 1 aliphatic heterocycles. The van der Waals surface area contributed by atoms with Gasteiger partial charge >= 0.3 is 0 Å². The molecule has 0 saturated carbocycles. The fraction of sp³-hybridized carbons (Fsp3) is 0.444. The second-order valence-corrected chi connectivity index (χ2v) is 9.32. The van der Waals surface area contributed by atoms with Gasteiger partial charge in [0.25, 0.3) is 11.8 Å². The van der Waals surface area contributed by atoms with Crippen LogP contribution in [0.5, 0.6) is 5.88 Å². The van der Waals surface area contributed by atoms with Crippen molar-refractivity contribution < 1.29 is 23.8 Å². The van der Waals surface area contributed by atoms with Crippen molar-refractivity contribution in [2.45, 2.75) is 39.8 Å². The minimum atomic E-state index is -0.502. The number of likely N-dealkylation sites (N-methyl/N-ethyl adjacent to an activating group) is 1. The van der Waals surface area contributed by atoms with Crippen LogP contribution in [0.2, 0.25) is 0 Å². The zero-order valence-corrected chi connectivity index (χ0v) is 20.8. The molecule has 0 fully saturated rings. The van der Waals surface area contributed by atoms with Crippen LogP contribution in [0.4, 0.5) is 4.39 Å². The molecule has 0 unspecified atom stereocenters. The number of hydrogen-bond acceptors (Lipinski definition) is 5. The molecule has 2 heterocycles. The van der Waals surface area contributed by atoms with Gasteiger partial charge in [0.1, 0.15) is 17.5 Å². The number of pyridine rings is 1. The third-order valence-electron chi connectivity index (χ3n) is 5.90. The highest BCUT2D eigenvalue weighted by molar-refractivity contribution is 5.97. The first kappa shape index (κ1) is 26.2. The Kier molecular flexibility index (Phi) is 8.47. The van der Waals surface area contributed by atoms with Crippen molar-refractivity contribution in [2.24, 2.45) is 11.8 Å². The molecular formula is C27H32FN3O4. The molecular weight excluding hydrogens is 449 g/mol. The first-order chi connectivity index (χ1) is 16.6. The van der Waals surface area contributed by atoms with Gasteiger partial charge in [-0.2, -0.15) is 0 Å². The standard InChI is InChI=1S/C27H32FN3O4/c1-17(2)9-10-20-11-23-25(29-13-20)35-24(18(3)14-31(27(23)34)19(4)16-32)15-30(5)26(33)21-7-6-8-22(28)12-21/h6-8,11-13,17-19,24,32H,14-16H2,1-5H3/t18-,19+,24+/m1/s1. The SMILES string of the molecule is CC(C)C#Cc1cnc2c(c1)C(=O)N([C@@H](C)CO)C[C@@H](C)[C@H](CN(C)C(=O)c1cccc(F)c1)O2. The lowest BCUT2D eigenvalue weighted by molar-refractivity contribution is 0.0313. The Bertz CT molecular complexity index is 1140. The van der Waals surface area contributed by atoms with Crippen molar-refractivity contribution in [2.75, 3.05) is 26.7 Å². The number of carbonyl (C=O) groups excluding carboxylic acids is 2. The van der Waals surface area contributed by atoms with E-state index in [0.29, 0.717) is 12.1 Å². The highest BCUT2D eigenvalue weighted by Gasteiger charge is 2.34. The third kappa shape index (κ3) is 6.37. The molecule has 35 heavy (non-hydrogen) atoms. The maximum atomic E-state index is 13.6. The van der Waals surface area contributed by atoms with Crippen LogP contribution in [0, 0.1) is 29.5 Å². The Morgan fingerprint density at radius 3 is 2.74 bits per heavy atom. The summed E-state index contributed by atoms with van der Waals surface area (Å²) in [6.07, 6.45) is 1.06. The highest BCUT2D eigenvalue weighted by Crippen LogP contribution is 2.27. The number of halogens is 1. The topological polar surface area (TPSA) is 83.0 Å². The Hall–Kier alpha value is -3.44. The lowest BCUT2D eigenvalue weighted by Gasteiger charge is -2.37. The van der Waals surface area contributed by atoms with Gasteiger partial charge < -0.3 is 19.6 Å². The van der Waals surface area contributed by atoms with Crippen LogP contribution >= 0.6 is 0 Å². The third-order valence-corrected chi connectivity index (χ3v) is 5.90. The number of carbonyl (C=O) groups is 2. The number of aliphatic hydroxyl groups excluding tert-OH is 1. The molecule has 1 N–H and O–H groups in total. The number of ether oxygens (including phenoxy) is 1. The molecule has 7 nitrogen and oxygen atoms in total. The molecule has 0 aliphatic carbocycles. The van der Waals surface area contributed by atoms with Crippen molar-refractivity contribution in [3.05, 3.63) is 59.0 Å². The summed E-state index contributed by atoms with van der Waals surface area (Å²) in [6.45, 7) is 7.95. The van der Waals surface area contributed by atoms with Crippen molar-refractivity contribution >= 4 is 11.8 Å². The molecule has 1 aromatic carbocycles. The molecule has 2 amide bonds. The molecule has 3 atom stereocenters. The van der Waals surface area contributed by atoms with E-state index in [-0.39, 0.29) is 53.8 Å². The summed E-state index contributed by atoms with van der Waals surface area (Å²) in [5, 5.41) is 9.79. The second kappa shape index (κ2) is 11.3. The van der Waals surface area contributed by atoms with E-state index in [0.717, 1.165) is 0 Å². The first-order valence-corrected chi connectivity index (χ1v) is 11.7. The molecule has 3 rings (SSSR count). The monoisotopic (exact) mass is 481 g/mol. The Balaban J connectivity index is 1.95. The van der Waals surface area contributed by atoms with E-state index in [2.05, 4.69) is 16.8 Å². The zero-order chi connectivity index (χ0) is 25.7. The molecule has 186 valence electrons. The number of fused-ring (bicyclic) bond motifs is 1. The Morgan fingerprint density at radius 2 is 2.09 bits per heavy atom. The van der Waals surface area contributed by atoms with Crippen LogP contribution in [0.3, 0.4) is 0 Å². The summed E-state index contributed by atoms with van der Waals surface area (Å²) in [5.74, 6) is 5.10. The quantitative estimate of drug-likeness (QED) is 0.663. The minimum Gasteiger partial charge on any atom is -0.472 e. The zero-order valence-electron chi connectivity index (χ0n) is 20.8. The van der Waals surface area contributed by atoms with Crippen LogP contribution in [0.1, 0.15) is 54.0 Å². The van der Waals surface area contributed by atoms with E-state index < -0.39 is 18.0 Å². The van der Waals surface area contributed by atoms with E-state index in [1.165, 1.54) is 23.1 Å². The van der Waals surface area contributed by atoms with Crippen molar-refractivity contribution in [3.63, 3.8) is 0 Å². The van der Waals surface area contributed by atoms with E-state index >= 15 is 0 Å². The largest absolute Gasteiger partial charge is 0.472 e. The summed E-state index contributed by atoms with van der Waals surface area (Å²) >= 11 is 0. The van der Waals surface area contributed by atoms with Gasteiger partial charge in [-0.25, -0.2) is 9.37 Å². The number of amides is 2. The average Bonchev–Trinajstić information content (AvgIpc) is 2.83. The van der Waals surface area contributed by atoms with Crippen LogP contribution < -0.4 is 4.74 Å². The molecule has 0 saturated heterocycles. The number of aromatic nitrogens is 1. The van der Waals surface area contributed by atoms with Crippen molar-refractivity contribution in [1.29, 1.82) is 0 Å². The predicted octanol–water partition coefficient (Wildman–Crippen LogP) is 3.22. The molecule has 2 aromatic rings. The van der Waals surface area contributed by atoms with Gasteiger partial charge in [-0.3, -0.25) is 9.59 Å². The lowest BCUT2D eigenvalue weighted by Crippen LogP contribution is -2.50. The molecule has 0 bridgehead atoms.